The van der Waals surface area contributed by atoms with Gasteiger partial charge in [0.15, 0.2) is 0 Å². The van der Waals surface area contributed by atoms with E-state index in [-0.39, 0.29) is 0 Å². The normalized spacial score (nSPS) is 10.0. The molecule has 0 aliphatic rings. The molecular formula is C8H17NS2. The summed E-state index contributed by atoms with van der Waals surface area (Å²) in [5, 5.41) is 3.12. The molecule has 0 heterocycles. The van der Waals surface area contributed by atoms with Crippen molar-refractivity contribution in [3.05, 3.63) is 12.2 Å². The van der Waals surface area contributed by atoms with Gasteiger partial charge in [0.05, 0.1) is 0 Å². The monoisotopic (exact) mass is 191 g/mol. The predicted octanol–water partition coefficient (Wildman–Crippen LogP) is 2.55. The van der Waals surface area contributed by atoms with E-state index < -0.39 is 0 Å². The van der Waals surface area contributed by atoms with Crippen molar-refractivity contribution in [2.75, 3.05) is 25.1 Å². The molecule has 0 unspecified atom stereocenters. The third kappa shape index (κ3) is 10.4. The minimum Gasteiger partial charge on any atom is -0.319 e. The van der Waals surface area contributed by atoms with Crippen LogP contribution in [0.1, 0.15) is 13.3 Å². The van der Waals surface area contributed by atoms with Crippen molar-refractivity contribution in [1.82, 2.24) is 5.32 Å². The first-order valence-corrected chi connectivity index (χ1v) is 6.29. The van der Waals surface area contributed by atoms with Gasteiger partial charge in [0, 0.05) is 18.1 Å². The van der Waals surface area contributed by atoms with Gasteiger partial charge in [-0.15, -0.1) is 6.58 Å². The van der Waals surface area contributed by atoms with E-state index in [4.69, 9.17) is 0 Å². The first-order valence-electron chi connectivity index (χ1n) is 3.80. The number of hydrogen-bond donors (Lipinski definition) is 1. The molecular weight excluding hydrogens is 174 g/mol. The maximum Gasteiger partial charge on any atom is 0.0162 e. The van der Waals surface area contributed by atoms with Gasteiger partial charge in [-0.1, -0.05) is 27.2 Å². The second-order valence-electron chi connectivity index (χ2n) is 2.45. The molecule has 0 fully saturated rings. The van der Waals surface area contributed by atoms with Crippen LogP contribution in [0.2, 0.25) is 0 Å². The molecule has 0 aliphatic carbocycles. The molecule has 11 heavy (non-hydrogen) atoms. The van der Waals surface area contributed by atoms with Crippen LogP contribution in [0.3, 0.4) is 0 Å². The standard InChI is InChI=1S/C8H17NS2/c1-8(2)4-6-10-11-7-5-9-3/h9H,1,4-7H2,2-3H3. The van der Waals surface area contributed by atoms with E-state index >= 15 is 0 Å². The van der Waals surface area contributed by atoms with Crippen molar-refractivity contribution in [3.63, 3.8) is 0 Å². The molecule has 0 rings (SSSR count). The second-order valence-corrected chi connectivity index (χ2v) is 5.16. The molecule has 1 N–H and O–H groups in total. The molecule has 0 spiro atoms. The van der Waals surface area contributed by atoms with Crippen LogP contribution in [-0.2, 0) is 0 Å². The molecule has 0 aromatic carbocycles. The summed E-state index contributed by atoms with van der Waals surface area (Å²) in [6.07, 6.45) is 1.15. The summed E-state index contributed by atoms with van der Waals surface area (Å²) in [6.45, 7) is 7.04. The molecule has 0 saturated heterocycles. The molecule has 0 aromatic heterocycles. The Morgan fingerprint density at radius 1 is 1.36 bits per heavy atom. The highest BCUT2D eigenvalue weighted by molar-refractivity contribution is 8.76. The first-order chi connectivity index (χ1) is 5.27. The minimum absolute atomic E-state index is 1.10. The summed E-state index contributed by atoms with van der Waals surface area (Å²) < 4.78 is 0. The van der Waals surface area contributed by atoms with Gasteiger partial charge in [-0.25, -0.2) is 0 Å². The van der Waals surface area contributed by atoms with Gasteiger partial charge in [0.25, 0.3) is 0 Å². The quantitative estimate of drug-likeness (QED) is 0.377. The summed E-state index contributed by atoms with van der Waals surface area (Å²) in [4.78, 5) is 0. The van der Waals surface area contributed by atoms with Crippen molar-refractivity contribution < 1.29 is 0 Å². The van der Waals surface area contributed by atoms with Crippen LogP contribution in [0.5, 0.6) is 0 Å². The van der Waals surface area contributed by atoms with Gasteiger partial charge < -0.3 is 5.32 Å². The van der Waals surface area contributed by atoms with E-state index in [0.29, 0.717) is 0 Å². The van der Waals surface area contributed by atoms with Gasteiger partial charge in [0.1, 0.15) is 0 Å². The fourth-order valence-corrected chi connectivity index (χ4v) is 2.64. The third-order valence-corrected chi connectivity index (χ3v) is 3.54. The zero-order chi connectivity index (χ0) is 8.53. The van der Waals surface area contributed by atoms with Gasteiger partial charge in [0.2, 0.25) is 0 Å². The lowest BCUT2D eigenvalue weighted by molar-refractivity contribution is 0.873. The number of rotatable bonds is 7. The molecule has 0 aliphatic heterocycles. The average molecular weight is 191 g/mol. The highest BCUT2D eigenvalue weighted by Crippen LogP contribution is 2.22. The molecule has 0 amide bonds. The highest BCUT2D eigenvalue weighted by atomic mass is 33.1. The van der Waals surface area contributed by atoms with Gasteiger partial charge in [-0.2, -0.15) is 0 Å². The van der Waals surface area contributed by atoms with Crippen LogP contribution in [0.25, 0.3) is 0 Å². The predicted molar refractivity (Wildman–Crippen MR) is 58.3 cm³/mol. The smallest absolute Gasteiger partial charge is 0.0162 e. The Hall–Kier alpha value is 0.400. The lowest BCUT2D eigenvalue weighted by atomic mass is 10.3. The zero-order valence-electron chi connectivity index (χ0n) is 7.35. The highest BCUT2D eigenvalue weighted by Gasteiger charge is 1.90. The van der Waals surface area contributed by atoms with Crippen molar-refractivity contribution in [2.45, 2.75) is 13.3 Å². The van der Waals surface area contributed by atoms with Crippen molar-refractivity contribution >= 4 is 21.6 Å². The number of allylic oxidation sites excluding steroid dienone is 1. The van der Waals surface area contributed by atoms with Crippen LogP contribution in [0.15, 0.2) is 12.2 Å². The van der Waals surface area contributed by atoms with Crippen molar-refractivity contribution in [3.8, 4) is 0 Å². The Balaban J connectivity index is 2.85. The lowest BCUT2D eigenvalue weighted by Crippen LogP contribution is -2.09. The molecule has 0 atom stereocenters. The third-order valence-electron chi connectivity index (χ3n) is 1.13. The fourth-order valence-electron chi connectivity index (χ4n) is 0.477. The van der Waals surface area contributed by atoms with Crippen molar-refractivity contribution in [1.29, 1.82) is 0 Å². The van der Waals surface area contributed by atoms with Crippen LogP contribution >= 0.6 is 21.6 Å². The van der Waals surface area contributed by atoms with E-state index in [2.05, 4.69) is 18.8 Å². The summed E-state index contributed by atoms with van der Waals surface area (Å²) >= 11 is 0. The second kappa shape index (κ2) is 8.50. The van der Waals surface area contributed by atoms with E-state index in [1.807, 2.05) is 28.6 Å². The van der Waals surface area contributed by atoms with Crippen LogP contribution < -0.4 is 5.32 Å². The Bertz CT molecular complexity index is 104. The van der Waals surface area contributed by atoms with Gasteiger partial charge in [-0.05, 0) is 20.4 Å². The van der Waals surface area contributed by atoms with E-state index in [1.54, 1.807) is 0 Å². The lowest BCUT2D eigenvalue weighted by Gasteiger charge is -1.99. The van der Waals surface area contributed by atoms with E-state index in [0.717, 1.165) is 13.0 Å². The number of nitrogens with one attached hydrogen (secondary N) is 1. The summed E-state index contributed by atoms with van der Waals surface area (Å²) in [6, 6.07) is 0. The SMILES string of the molecule is C=C(C)CCSSCCNC. The molecule has 0 saturated carbocycles. The van der Waals surface area contributed by atoms with Gasteiger partial charge in [-0.3, -0.25) is 0 Å². The Labute approximate surface area is 77.8 Å². The summed E-state index contributed by atoms with van der Waals surface area (Å²) in [5.74, 6) is 2.39. The Morgan fingerprint density at radius 3 is 2.55 bits per heavy atom. The molecule has 66 valence electrons. The van der Waals surface area contributed by atoms with Crippen LogP contribution in [0, 0.1) is 0 Å². The number of hydrogen-bond acceptors (Lipinski definition) is 3. The molecule has 0 bridgehead atoms. The minimum atomic E-state index is 1.10. The zero-order valence-corrected chi connectivity index (χ0v) is 8.99. The molecule has 3 heteroatoms. The first kappa shape index (κ1) is 11.4. The maximum absolute atomic E-state index is 3.85. The summed E-state index contributed by atoms with van der Waals surface area (Å²) in [7, 11) is 5.86. The van der Waals surface area contributed by atoms with Crippen molar-refractivity contribution in [2.24, 2.45) is 0 Å². The Morgan fingerprint density at radius 2 is 2.00 bits per heavy atom. The van der Waals surface area contributed by atoms with Crippen LogP contribution in [0.4, 0.5) is 0 Å². The molecule has 1 nitrogen and oxygen atoms in total. The molecule has 0 radical (unpaired) electrons. The average Bonchev–Trinajstić information content (AvgIpc) is 1.96. The van der Waals surface area contributed by atoms with E-state index in [9.17, 15) is 0 Å². The van der Waals surface area contributed by atoms with Gasteiger partial charge >= 0.3 is 0 Å². The van der Waals surface area contributed by atoms with E-state index in [1.165, 1.54) is 17.1 Å². The topological polar surface area (TPSA) is 12.0 Å². The maximum atomic E-state index is 3.85. The Kier molecular flexibility index (Phi) is 8.81. The molecule has 0 aromatic rings. The fraction of sp³-hybridized carbons (Fsp3) is 0.750. The largest absolute Gasteiger partial charge is 0.319 e. The van der Waals surface area contributed by atoms with Crippen LogP contribution in [-0.4, -0.2) is 25.1 Å². The summed E-state index contributed by atoms with van der Waals surface area (Å²) in [5.41, 5.74) is 1.28.